The number of rotatable bonds is 4. The average molecular weight is 258 g/mol. The monoisotopic (exact) mass is 258 g/mol. The Labute approximate surface area is 114 Å². The van der Waals surface area contributed by atoms with E-state index < -0.39 is 0 Å². The largest absolute Gasteiger partial charge is 0.393 e. The molecule has 3 heteroatoms. The van der Waals surface area contributed by atoms with Crippen molar-refractivity contribution in [2.24, 2.45) is 0 Å². The predicted molar refractivity (Wildman–Crippen MR) is 78.2 cm³/mol. The molecule has 0 amide bonds. The van der Waals surface area contributed by atoms with E-state index in [-0.39, 0.29) is 6.10 Å². The Hall–Kier alpha value is -1.32. The molecule has 1 aliphatic rings. The van der Waals surface area contributed by atoms with Gasteiger partial charge in [-0.25, -0.2) is 0 Å². The lowest BCUT2D eigenvalue weighted by molar-refractivity contribution is 0.185. The molecule has 1 aromatic heterocycles. The molecule has 2 N–H and O–H groups in total. The second kappa shape index (κ2) is 4.99. The molecule has 0 spiro atoms. The molecule has 3 nitrogen and oxygen atoms in total. The maximum atomic E-state index is 9.49. The third-order valence-electron chi connectivity index (χ3n) is 4.09. The van der Waals surface area contributed by atoms with Crippen molar-refractivity contribution < 1.29 is 5.11 Å². The van der Waals surface area contributed by atoms with Gasteiger partial charge in [0.15, 0.2) is 0 Å². The molecule has 102 valence electrons. The maximum Gasteiger partial charge on any atom is 0.0515 e. The Morgan fingerprint density at radius 1 is 1.32 bits per heavy atom. The fraction of sp³-hybridized carbons (Fsp3) is 0.500. The predicted octanol–water partition coefficient (Wildman–Crippen LogP) is 2.58. The summed E-state index contributed by atoms with van der Waals surface area (Å²) < 4.78 is 2.32. The quantitative estimate of drug-likeness (QED) is 0.884. The Morgan fingerprint density at radius 3 is 2.74 bits per heavy atom. The van der Waals surface area contributed by atoms with E-state index in [0.717, 1.165) is 32.5 Å². The highest BCUT2D eigenvalue weighted by atomic mass is 16.3. The standard InChI is InChI=1S/C16H22N2O/c1-3-18-10-12(5-4-11(2)19)15-6-13-8-17-9-14(13)7-16(15)18/h6-7,10-11,17,19H,3-5,8-9H2,1-2H3. The molecule has 0 saturated heterocycles. The van der Waals surface area contributed by atoms with E-state index in [9.17, 15) is 5.11 Å². The average Bonchev–Trinajstić information content (AvgIpc) is 2.97. The highest BCUT2D eigenvalue weighted by molar-refractivity contribution is 5.86. The van der Waals surface area contributed by atoms with Crippen molar-refractivity contribution in [1.29, 1.82) is 0 Å². The summed E-state index contributed by atoms with van der Waals surface area (Å²) in [6, 6.07) is 4.67. The third-order valence-corrected chi connectivity index (χ3v) is 4.09. The number of aryl methyl sites for hydroxylation is 2. The van der Waals surface area contributed by atoms with Crippen LogP contribution in [0.25, 0.3) is 10.9 Å². The van der Waals surface area contributed by atoms with E-state index in [4.69, 9.17) is 0 Å². The number of nitrogens with one attached hydrogen (secondary N) is 1. The highest BCUT2D eigenvalue weighted by Gasteiger charge is 2.15. The molecule has 0 aliphatic carbocycles. The number of nitrogens with zero attached hydrogens (tertiary/aromatic N) is 1. The van der Waals surface area contributed by atoms with E-state index >= 15 is 0 Å². The molecule has 0 saturated carbocycles. The van der Waals surface area contributed by atoms with Crippen molar-refractivity contribution in [2.45, 2.75) is 52.4 Å². The van der Waals surface area contributed by atoms with Crippen LogP contribution < -0.4 is 5.32 Å². The van der Waals surface area contributed by atoms with Gasteiger partial charge in [0.2, 0.25) is 0 Å². The summed E-state index contributed by atoms with van der Waals surface area (Å²) in [5.74, 6) is 0. The van der Waals surface area contributed by atoms with E-state index in [1.807, 2.05) is 6.92 Å². The van der Waals surface area contributed by atoms with Gasteiger partial charge in [-0.15, -0.1) is 0 Å². The van der Waals surface area contributed by atoms with Gasteiger partial charge < -0.3 is 15.0 Å². The molecular formula is C16H22N2O. The van der Waals surface area contributed by atoms with Crippen LogP contribution >= 0.6 is 0 Å². The summed E-state index contributed by atoms with van der Waals surface area (Å²) in [6.45, 7) is 7.02. The normalized spacial score (nSPS) is 15.9. The zero-order valence-electron chi connectivity index (χ0n) is 11.7. The fourth-order valence-corrected chi connectivity index (χ4v) is 2.98. The smallest absolute Gasteiger partial charge is 0.0515 e. The van der Waals surface area contributed by atoms with E-state index in [1.54, 1.807) is 0 Å². The van der Waals surface area contributed by atoms with Crippen LogP contribution in [0.15, 0.2) is 18.3 Å². The molecule has 0 radical (unpaired) electrons. The minimum atomic E-state index is -0.226. The van der Waals surface area contributed by atoms with Crippen molar-refractivity contribution in [3.63, 3.8) is 0 Å². The van der Waals surface area contributed by atoms with Gasteiger partial charge in [-0.3, -0.25) is 0 Å². The number of fused-ring (bicyclic) bond motifs is 2. The van der Waals surface area contributed by atoms with Gasteiger partial charge in [-0.1, -0.05) is 0 Å². The fourth-order valence-electron chi connectivity index (χ4n) is 2.98. The number of benzene rings is 1. The SMILES string of the molecule is CCn1cc(CCC(C)O)c2cc3c(cc21)CNC3. The maximum absolute atomic E-state index is 9.49. The van der Waals surface area contributed by atoms with Gasteiger partial charge in [-0.2, -0.15) is 0 Å². The summed E-state index contributed by atoms with van der Waals surface area (Å²) in [7, 11) is 0. The van der Waals surface area contributed by atoms with E-state index in [1.165, 1.54) is 27.6 Å². The van der Waals surface area contributed by atoms with Crippen LogP contribution in [0.2, 0.25) is 0 Å². The molecule has 3 rings (SSSR count). The number of hydrogen-bond acceptors (Lipinski definition) is 2. The minimum absolute atomic E-state index is 0.226. The summed E-state index contributed by atoms with van der Waals surface area (Å²) in [6.07, 6.45) is 3.82. The van der Waals surface area contributed by atoms with Crippen molar-refractivity contribution >= 4 is 10.9 Å². The number of aliphatic hydroxyl groups excluding tert-OH is 1. The van der Waals surface area contributed by atoms with E-state index in [2.05, 4.69) is 35.1 Å². The Kier molecular flexibility index (Phi) is 3.33. The highest BCUT2D eigenvalue weighted by Crippen LogP contribution is 2.28. The summed E-state index contributed by atoms with van der Waals surface area (Å²) in [4.78, 5) is 0. The van der Waals surface area contributed by atoms with Crippen LogP contribution in [-0.4, -0.2) is 15.8 Å². The molecule has 1 aliphatic heterocycles. The molecule has 0 fully saturated rings. The van der Waals surface area contributed by atoms with Gasteiger partial charge in [0.1, 0.15) is 0 Å². The van der Waals surface area contributed by atoms with Crippen LogP contribution in [0.3, 0.4) is 0 Å². The Morgan fingerprint density at radius 2 is 2.05 bits per heavy atom. The molecule has 1 aromatic carbocycles. The van der Waals surface area contributed by atoms with Gasteiger partial charge in [0, 0.05) is 36.7 Å². The zero-order chi connectivity index (χ0) is 13.4. The first-order valence-corrected chi connectivity index (χ1v) is 7.21. The molecular weight excluding hydrogens is 236 g/mol. The first kappa shape index (κ1) is 12.7. The third kappa shape index (κ3) is 2.28. The summed E-state index contributed by atoms with van der Waals surface area (Å²) in [5.41, 5.74) is 5.57. The summed E-state index contributed by atoms with van der Waals surface area (Å²) in [5, 5.41) is 14.3. The molecule has 2 aromatic rings. The van der Waals surface area contributed by atoms with Crippen LogP contribution in [0, 0.1) is 0 Å². The lowest BCUT2D eigenvalue weighted by Gasteiger charge is -2.04. The van der Waals surface area contributed by atoms with Crippen molar-refractivity contribution in [1.82, 2.24) is 9.88 Å². The van der Waals surface area contributed by atoms with Crippen LogP contribution in [0.5, 0.6) is 0 Å². The van der Waals surface area contributed by atoms with Crippen LogP contribution in [-0.2, 0) is 26.1 Å². The first-order valence-electron chi connectivity index (χ1n) is 7.21. The van der Waals surface area contributed by atoms with Crippen molar-refractivity contribution in [2.75, 3.05) is 0 Å². The van der Waals surface area contributed by atoms with Crippen LogP contribution in [0.4, 0.5) is 0 Å². The van der Waals surface area contributed by atoms with Gasteiger partial charge in [0.25, 0.3) is 0 Å². The molecule has 2 heterocycles. The van der Waals surface area contributed by atoms with Crippen LogP contribution in [0.1, 0.15) is 37.0 Å². The van der Waals surface area contributed by atoms with Crippen molar-refractivity contribution in [3.05, 3.63) is 35.0 Å². The Balaban J connectivity index is 2.07. The summed E-state index contributed by atoms with van der Waals surface area (Å²) >= 11 is 0. The number of aromatic nitrogens is 1. The van der Waals surface area contributed by atoms with Gasteiger partial charge in [-0.05, 0) is 55.5 Å². The minimum Gasteiger partial charge on any atom is -0.393 e. The van der Waals surface area contributed by atoms with E-state index in [0.29, 0.717) is 0 Å². The topological polar surface area (TPSA) is 37.2 Å². The number of hydrogen-bond donors (Lipinski definition) is 2. The second-order valence-corrected chi connectivity index (χ2v) is 5.57. The zero-order valence-corrected chi connectivity index (χ0v) is 11.7. The number of aliphatic hydroxyl groups is 1. The lowest BCUT2D eigenvalue weighted by atomic mass is 10.0. The Bertz CT molecular complexity index is 598. The van der Waals surface area contributed by atoms with Gasteiger partial charge in [0.05, 0.1) is 6.10 Å². The molecule has 19 heavy (non-hydrogen) atoms. The molecule has 0 bridgehead atoms. The first-order chi connectivity index (χ1) is 9.19. The molecule has 1 unspecified atom stereocenters. The second-order valence-electron chi connectivity index (χ2n) is 5.57. The molecule has 1 atom stereocenters. The van der Waals surface area contributed by atoms with Gasteiger partial charge >= 0.3 is 0 Å². The van der Waals surface area contributed by atoms with Crippen molar-refractivity contribution in [3.8, 4) is 0 Å². The lowest BCUT2D eigenvalue weighted by Crippen LogP contribution is -2.01.